The van der Waals surface area contributed by atoms with E-state index in [1.165, 1.54) is 0 Å². The molecule has 0 heterocycles. The van der Waals surface area contributed by atoms with Crippen LogP contribution in [0, 0.1) is 23.0 Å². The van der Waals surface area contributed by atoms with E-state index in [-0.39, 0.29) is 17.1 Å². The molecule has 1 aromatic rings. The van der Waals surface area contributed by atoms with Crippen molar-refractivity contribution in [2.75, 3.05) is 5.75 Å². The normalized spacial score (nSPS) is 12.1. The molecule has 5 heteroatoms. The van der Waals surface area contributed by atoms with Crippen LogP contribution < -0.4 is 0 Å². The van der Waals surface area contributed by atoms with Gasteiger partial charge < -0.3 is 0 Å². The van der Waals surface area contributed by atoms with Gasteiger partial charge in [-0.2, -0.15) is 5.26 Å². The predicted molar refractivity (Wildman–Crippen MR) is 47.9 cm³/mol. The summed E-state index contributed by atoms with van der Waals surface area (Å²) >= 11 is 0. The average molecular weight is 215 g/mol. The van der Waals surface area contributed by atoms with Crippen molar-refractivity contribution in [2.24, 2.45) is 0 Å². The molecule has 0 aliphatic rings. The maximum absolute atomic E-state index is 13.0. The van der Waals surface area contributed by atoms with Crippen molar-refractivity contribution in [3.8, 4) is 6.07 Å². The summed E-state index contributed by atoms with van der Waals surface area (Å²) in [4.78, 5) is -0.0540. The summed E-state index contributed by atoms with van der Waals surface area (Å²) in [6.07, 6.45) is 0.0867. The maximum atomic E-state index is 13.0. The molecule has 74 valence electrons. The number of nitriles is 1. The average Bonchev–Trinajstić information content (AvgIpc) is 2.14. The highest BCUT2D eigenvalue weighted by atomic mass is 32.2. The van der Waals surface area contributed by atoms with Crippen LogP contribution in [0.2, 0.25) is 0 Å². The fourth-order valence-corrected chi connectivity index (χ4v) is 1.90. The first-order valence-electron chi connectivity index (χ1n) is 3.85. The van der Waals surface area contributed by atoms with Crippen molar-refractivity contribution in [2.45, 2.75) is 11.3 Å². The van der Waals surface area contributed by atoms with E-state index in [1.54, 1.807) is 0 Å². The number of hydrogen-bond acceptors (Lipinski definition) is 2. The lowest BCUT2D eigenvalue weighted by molar-refractivity contribution is 0.562. The van der Waals surface area contributed by atoms with Gasteiger partial charge in [0, 0.05) is 18.2 Å². The van der Waals surface area contributed by atoms with Crippen LogP contribution in [0.3, 0.4) is 0 Å². The van der Waals surface area contributed by atoms with Crippen molar-refractivity contribution in [3.05, 3.63) is 29.8 Å². The lowest BCUT2D eigenvalue weighted by Crippen LogP contribution is -2.00. The third-order valence-corrected chi connectivity index (χ3v) is 2.94. The maximum Gasteiger partial charge on any atom is 0.142 e. The molecule has 14 heavy (non-hydrogen) atoms. The van der Waals surface area contributed by atoms with Crippen molar-refractivity contribution >= 4 is 10.8 Å². The van der Waals surface area contributed by atoms with Crippen molar-refractivity contribution in [1.29, 1.82) is 5.26 Å². The molecule has 0 aliphatic carbocycles. The van der Waals surface area contributed by atoms with Crippen molar-refractivity contribution in [3.63, 3.8) is 0 Å². The number of hydrogen-bond donors (Lipinski definition) is 0. The van der Waals surface area contributed by atoms with Gasteiger partial charge in [-0.3, -0.25) is 4.21 Å². The Kier molecular flexibility index (Phi) is 3.72. The molecule has 0 amide bonds. The smallest absolute Gasteiger partial charge is 0.142 e. The molecule has 0 saturated heterocycles. The largest absolute Gasteiger partial charge is 0.254 e. The molecule has 2 nitrogen and oxygen atoms in total. The number of nitrogens with zero attached hydrogens (tertiary/aromatic N) is 1. The Hall–Kier alpha value is -1.28. The molecule has 0 saturated carbocycles. The highest BCUT2D eigenvalue weighted by Crippen LogP contribution is 2.14. The van der Waals surface area contributed by atoms with E-state index in [0.29, 0.717) is 6.07 Å². The molecule has 0 bridgehead atoms. The zero-order valence-electron chi connectivity index (χ0n) is 7.17. The first kappa shape index (κ1) is 10.8. The molecule has 1 rings (SSSR count). The highest BCUT2D eigenvalue weighted by Gasteiger charge is 2.10. The minimum Gasteiger partial charge on any atom is -0.254 e. The Morgan fingerprint density at radius 2 is 2.14 bits per heavy atom. The standard InChI is InChI=1S/C9H7F2NOS/c10-7-2-3-9(8(11)6-7)14(13)5-1-4-12/h2-3,6H,1,5H2. The Bertz CT molecular complexity index is 400. The zero-order valence-corrected chi connectivity index (χ0v) is 7.98. The third kappa shape index (κ3) is 2.60. The Morgan fingerprint density at radius 1 is 1.43 bits per heavy atom. The lowest BCUT2D eigenvalue weighted by atomic mass is 10.3. The third-order valence-electron chi connectivity index (χ3n) is 1.54. The number of benzene rings is 1. The molecule has 1 aromatic carbocycles. The summed E-state index contributed by atoms with van der Waals surface area (Å²) in [6, 6.07) is 4.67. The summed E-state index contributed by atoms with van der Waals surface area (Å²) in [5.74, 6) is -1.47. The van der Waals surface area contributed by atoms with Gasteiger partial charge in [-0.25, -0.2) is 8.78 Å². The van der Waals surface area contributed by atoms with Gasteiger partial charge in [0.2, 0.25) is 0 Å². The Labute approximate surface area is 82.6 Å². The van der Waals surface area contributed by atoms with E-state index < -0.39 is 22.4 Å². The first-order valence-corrected chi connectivity index (χ1v) is 5.17. The molecule has 0 N–H and O–H groups in total. The van der Waals surface area contributed by atoms with Gasteiger partial charge >= 0.3 is 0 Å². The minimum absolute atomic E-state index is 0.0540. The summed E-state index contributed by atoms with van der Waals surface area (Å²) < 4.78 is 36.8. The van der Waals surface area contributed by atoms with Crippen molar-refractivity contribution < 1.29 is 13.0 Å². The van der Waals surface area contributed by atoms with E-state index in [1.807, 2.05) is 6.07 Å². The Morgan fingerprint density at radius 3 is 2.71 bits per heavy atom. The minimum atomic E-state index is -1.57. The van der Waals surface area contributed by atoms with Gasteiger partial charge in [0.15, 0.2) is 0 Å². The molecular formula is C9H7F2NOS. The molecule has 1 unspecified atom stereocenters. The second kappa shape index (κ2) is 4.82. The molecule has 0 spiro atoms. The van der Waals surface area contributed by atoms with Gasteiger partial charge in [-0.05, 0) is 12.1 Å². The second-order valence-corrected chi connectivity index (χ2v) is 4.07. The highest BCUT2D eigenvalue weighted by molar-refractivity contribution is 7.85. The van der Waals surface area contributed by atoms with E-state index in [9.17, 15) is 13.0 Å². The van der Waals surface area contributed by atoms with Crippen LogP contribution in [0.15, 0.2) is 23.1 Å². The van der Waals surface area contributed by atoms with Crippen LogP contribution in [0.4, 0.5) is 8.78 Å². The molecule has 0 aromatic heterocycles. The molecule has 0 aliphatic heterocycles. The van der Waals surface area contributed by atoms with E-state index in [0.717, 1.165) is 12.1 Å². The molecule has 0 fully saturated rings. The predicted octanol–water partition coefficient (Wildman–Crippen LogP) is 1.99. The number of halogens is 2. The summed E-state index contributed by atoms with van der Waals surface area (Å²) in [5.41, 5.74) is 0. The molecular weight excluding hydrogens is 208 g/mol. The lowest BCUT2D eigenvalue weighted by Gasteiger charge is -2.00. The van der Waals surface area contributed by atoms with Gasteiger partial charge in [-0.1, -0.05) is 0 Å². The van der Waals surface area contributed by atoms with Crippen LogP contribution >= 0.6 is 0 Å². The Balaban J connectivity index is 2.86. The fraction of sp³-hybridized carbons (Fsp3) is 0.222. The summed E-state index contributed by atoms with van der Waals surface area (Å²) in [7, 11) is -1.57. The number of rotatable bonds is 3. The van der Waals surface area contributed by atoms with Gasteiger partial charge in [0.1, 0.15) is 11.6 Å². The topological polar surface area (TPSA) is 40.9 Å². The monoisotopic (exact) mass is 215 g/mol. The fourth-order valence-electron chi connectivity index (χ4n) is 0.908. The molecule has 0 radical (unpaired) electrons. The van der Waals surface area contributed by atoms with E-state index in [2.05, 4.69) is 0 Å². The summed E-state index contributed by atoms with van der Waals surface area (Å²) in [6.45, 7) is 0. The van der Waals surface area contributed by atoms with Crippen LogP contribution in [0.5, 0.6) is 0 Å². The van der Waals surface area contributed by atoms with Crippen LogP contribution in [-0.4, -0.2) is 9.96 Å². The van der Waals surface area contributed by atoms with Crippen LogP contribution in [0.1, 0.15) is 6.42 Å². The van der Waals surface area contributed by atoms with Gasteiger partial charge in [0.05, 0.1) is 21.8 Å². The van der Waals surface area contributed by atoms with Gasteiger partial charge in [0.25, 0.3) is 0 Å². The summed E-state index contributed by atoms with van der Waals surface area (Å²) in [5, 5.41) is 8.24. The second-order valence-electron chi connectivity index (χ2n) is 2.53. The zero-order chi connectivity index (χ0) is 10.6. The first-order chi connectivity index (χ1) is 6.65. The molecule has 1 atom stereocenters. The van der Waals surface area contributed by atoms with Gasteiger partial charge in [-0.15, -0.1) is 0 Å². The van der Waals surface area contributed by atoms with E-state index in [4.69, 9.17) is 5.26 Å². The van der Waals surface area contributed by atoms with E-state index >= 15 is 0 Å². The quantitative estimate of drug-likeness (QED) is 0.773. The SMILES string of the molecule is N#CCCS(=O)c1ccc(F)cc1F. The van der Waals surface area contributed by atoms with Crippen LogP contribution in [0.25, 0.3) is 0 Å². The van der Waals surface area contributed by atoms with Crippen molar-refractivity contribution in [1.82, 2.24) is 0 Å². The van der Waals surface area contributed by atoms with Crippen LogP contribution in [-0.2, 0) is 10.8 Å².